The average Bonchev–Trinajstić information content (AvgIpc) is 2.06. The average molecular weight is 264 g/mol. The Morgan fingerprint density at radius 3 is 3.18 bits per heavy atom. The summed E-state index contributed by atoms with van der Waals surface area (Å²) in [6.45, 7) is 0. The van der Waals surface area contributed by atoms with Crippen LogP contribution >= 0.6 is 22.6 Å². The summed E-state index contributed by atoms with van der Waals surface area (Å²) in [5.41, 5.74) is 0.935. The first-order valence-corrected chi connectivity index (χ1v) is 4.69. The number of aromatic nitrogens is 1. The van der Waals surface area contributed by atoms with Crippen LogP contribution in [0.1, 0.15) is 0 Å². The number of ether oxygens (including phenoxy) is 1. The lowest BCUT2D eigenvalue weighted by molar-refractivity contribution is 0.416. The van der Waals surface area contributed by atoms with E-state index in [0.717, 1.165) is 16.0 Å². The number of anilines is 1. The molecular formula is C7H9IN2O. The molecule has 0 aliphatic heterocycles. The topological polar surface area (TPSA) is 34.1 Å². The van der Waals surface area contributed by atoms with Gasteiger partial charge >= 0.3 is 0 Å². The van der Waals surface area contributed by atoms with E-state index in [1.165, 1.54) is 0 Å². The zero-order chi connectivity index (χ0) is 8.10. The molecule has 1 heterocycles. The molecule has 0 aliphatic rings. The second-order valence-corrected chi connectivity index (χ2v) is 2.65. The van der Waals surface area contributed by atoms with Crippen molar-refractivity contribution in [3.05, 3.63) is 18.5 Å². The van der Waals surface area contributed by atoms with Gasteiger partial charge in [-0.05, 0) is 0 Å². The van der Waals surface area contributed by atoms with Gasteiger partial charge in [-0.2, -0.15) is 0 Å². The highest BCUT2D eigenvalue weighted by molar-refractivity contribution is 14.1. The summed E-state index contributed by atoms with van der Waals surface area (Å²) >= 11 is 2.23. The predicted octanol–water partition coefficient (Wildman–Crippen LogP) is 1.89. The van der Waals surface area contributed by atoms with E-state index in [1.807, 2.05) is 6.07 Å². The van der Waals surface area contributed by atoms with Gasteiger partial charge in [0.15, 0.2) is 0 Å². The van der Waals surface area contributed by atoms with Crippen molar-refractivity contribution < 1.29 is 4.74 Å². The fraction of sp³-hybridized carbons (Fsp3) is 0.286. The van der Waals surface area contributed by atoms with E-state index in [-0.39, 0.29) is 0 Å². The van der Waals surface area contributed by atoms with Crippen LogP contribution in [0.2, 0.25) is 0 Å². The molecule has 3 nitrogen and oxygen atoms in total. The Morgan fingerprint density at radius 2 is 2.55 bits per heavy atom. The van der Waals surface area contributed by atoms with Gasteiger partial charge in [0.05, 0.1) is 23.5 Å². The first kappa shape index (κ1) is 8.58. The molecule has 0 unspecified atom stereocenters. The van der Waals surface area contributed by atoms with E-state index in [0.29, 0.717) is 0 Å². The van der Waals surface area contributed by atoms with Crippen LogP contribution in [0.3, 0.4) is 0 Å². The molecule has 0 bridgehead atoms. The number of rotatable bonds is 3. The second-order valence-electron chi connectivity index (χ2n) is 1.89. The Hall–Kier alpha value is -0.520. The van der Waals surface area contributed by atoms with Crippen LogP contribution in [0.25, 0.3) is 0 Å². The molecule has 0 fully saturated rings. The van der Waals surface area contributed by atoms with Crippen LogP contribution < -0.4 is 10.1 Å². The zero-order valence-corrected chi connectivity index (χ0v) is 8.33. The molecule has 0 saturated carbocycles. The molecule has 0 spiro atoms. The molecule has 0 atom stereocenters. The first-order chi connectivity index (χ1) is 5.38. The maximum absolute atomic E-state index is 5.09. The molecule has 1 rings (SSSR count). The summed E-state index contributed by atoms with van der Waals surface area (Å²) in [6.07, 6.45) is 3.45. The van der Waals surface area contributed by atoms with Crippen molar-refractivity contribution in [1.29, 1.82) is 0 Å². The number of hydrogen-bond donors (Lipinski definition) is 1. The Bertz CT molecular complexity index is 229. The summed E-state index contributed by atoms with van der Waals surface area (Å²) < 4.78 is 5.94. The van der Waals surface area contributed by atoms with Gasteiger partial charge in [-0.3, -0.25) is 4.98 Å². The van der Waals surface area contributed by atoms with Crippen LogP contribution in [-0.4, -0.2) is 16.6 Å². The van der Waals surface area contributed by atoms with Gasteiger partial charge in [0.2, 0.25) is 0 Å². The monoisotopic (exact) mass is 264 g/mol. The molecule has 0 saturated heterocycles. The largest absolute Gasteiger partial charge is 0.494 e. The smallest absolute Gasteiger partial charge is 0.145 e. The van der Waals surface area contributed by atoms with Crippen LogP contribution in [0.15, 0.2) is 18.5 Å². The highest BCUT2D eigenvalue weighted by atomic mass is 127. The van der Waals surface area contributed by atoms with Crippen LogP contribution in [-0.2, 0) is 0 Å². The number of pyridine rings is 1. The molecule has 11 heavy (non-hydrogen) atoms. The number of hydrogen-bond acceptors (Lipinski definition) is 3. The Balaban J connectivity index is 2.83. The predicted molar refractivity (Wildman–Crippen MR) is 53.3 cm³/mol. The fourth-order valence-corrected chi connectivity index (χ4v) is 1.18. The SMILES string of the molecule is COc1ccncc1NCI. The van der Waals surface area contributed by atoms with E-state index < -0.39 is 0 Å². The van der Waals surface area contributed by atoms with Gasteiger partial charge in [-0.25, -0.2) is 0 Å². The quantitative estimate of drug-likeness (QED) is 0.514. The standard InChI is InChI=1S/C7H9IN2O/c1-11-7-2-3-9-4-6(7)10-5-8/h2-4,10H,5H2,1H3. The third-order valence-corrected chi connectivity index (χ3v) is 1.64. The molecule has 0 aromatic carbocycles. The molecule has 0 amide bonds. The van der Waals surface area contributed by atoms with Crippen LogP contribution in [0, 0.1) is 0 Å². The van der Waals surface area contributed by atoms with E-state index in [1.54, 1.807) is 19.5 Å². The molecule has 4 heteroatoms. The molecule has 60 valence electrons. The summed E-state index contributed by atoms with van der Waals surface area (Å²) in [7, 11) is 1.65. The highest BCUT2D eigenvalue weighted by Crippen LogP contribution is 2.21. The van der Waals surface area contributed by atoms with E-state index in [9.17, 15) is 0 Å². The Kier molecular flexibility index (Phi) is 3.41. The molecule has 1 aromatic rings. The van der Waals surface area contributed by atoms with Crippen LogP contribution in [0.5, 0.6) is 5.75 Å². The number of halogens is 1. The second kappa shape index (κ2) is 4.38. The number of alkyl halides is 1. The highest BCUT2D eigenvalue weighted by Gasteiger charge is 1.98. The van der Waals surface area contributed by atoms with Crippen molar-refractivity contribution in [2.45, 2.75) is 0 Å². The number of nitrogens with zero attached hydrogens (tertiary/aromatic N) is 1. The number of nitrogens with one attached hydrogen (secondary N) is 1. The van der Waals surface area contributed by atoms with Crippen molar-refractivity contribution >= 4 is 28.3 Å². The van der Waals surface area contributed by atoms with Gasteiger partial charge < -0.3 is 10.1 Å². The normalized spacial score (nSPS) is 9.27. The Labute approximate surface area is 79.3 Å². The minimum Gasteiger partial charge on any atom is -0.494 e. The van der Waals surface area contributed by atoms with Crippen molar-refractivity contribution in [2.24, 2.45) is 0 Å². The van der Waals surface area contributed by atoms with Gasteiger partial charge in [-0.1, -0.05) is 22.6 Å². The van der Waals surface area contributed by atoms with Crippen molar-refractivity contribution in [1.82, 2.24) is 4.98 Å². The minimum atomic E-state index is 0.830. The third-order valence-electron chi connectivity index (χ3n) is 1.26. The van der Waals surface area contributed by atoms with E-state index in [4.69, 9.17) is 4.74 Å². The van der Waals surface area contributed by atoms with Gasteiger partial charge in [0.25, 0.3) is 0 Å². The summed E-state index contributed by atoms with van der Waals surface area (Å²) in [6, 6.07) is 1.83. The zero-order valence-electron chi connectivity index (χ0n) is 6.17. The first-order valence-electron chi connectivity index (χ1n) is 3.16. The molecule has 1 aromatic heterocycles. The summed E-state index contributed by atoms with van der Waals surface area (Å²) in [4.78, 5) is 3.97. The summed E-state index contributed by atoms with van der Waals surface area (Å²) in [5, 5.41) is 3.13. The minimum absolute atomic E-state index is 0.830. The van der Waals surface area contributed by atoms with Gasteiger partial charge in [0.1, 0.15) is 5.75 Å². The lowest BCUT2D eigenvalue weighted by Crippen LogP contribution is -1.97. The molecule has 1 N–H and O–H groups in total. The van der Waals surface area contributed by atoms with Crippen LogP contribution in [0.4, 0.5) is 5.69 Å². The van der Waals surface area contributed by atoms with E-state index >= 15 is 0 Å². The third kappa shape index (κ3) is 2.21. The van der Waals surface area contributed by atoms with Gasteiger partial charge in [-0.15, -0.1) is 0 Å². The van der Waals surface area contributed by atoms with Gasteiger partial charge in [0, 0.05) is 12.3 Å². The lowest BCUT2D eigenvalue weighted by atomic mass is 10.4. The summed E-state index contributed by atoms with van der Waals surface area (Å²) in [5.74, 6) is 0.830. The molecule has 0 radical (unpaired) electrons. The fourth-order valence-electron chi connectivity index (χ4n) is 0.764. The van der Waals surface area contributed by atoms with Crippen molar-refractivity contribution in [2.75, 3.05) is 17.0 Å². The molecule has 0 aliphatic carbocycles. The maximum atomic E-state index is 5.09. The van der Waals surface area contributed by atoms with Crippen molar-refractivity contribution in [3.63, 3.8) is 0 Å². The van der Waals surface area contributed by atoms with Crippen molar-refractivity contribution in [3.8, 4) is 5.75 Å². The van der Waals surface area contributed by atoms with E-state index in [2.05, 4.69) is 32.9 Å². The maximum Gasteiger partial charge on any atom is 0.145 e. The number of methoxy groups -OCH3 is 1. The lowest BCUT2D eigenvalue weighted by Gasteiger charge is -2.06. The molecular weight excluding hydrogens is 255 g/mol. The Morgan fingerprint density at radius 1 is 1.73 bits per heavy atom.